The van der Waals surface area contributed by atoms with Gasteiger partial charge in [-0.1, -0.05) is 72.8 Å². The number of amides is 1. The lowest BCUT2D eigenvalue weighted by Gasteiger charge is -2.49. The number of ketones is 1. The first-order chi connectivity index (χ1) is 28.3. The van der Waals surface area contributed by atoms with Gasteiger partial charge in [0.15, 0.2) is 22.4 Å². The van der Waals surface area contributed by atoms with Crippen LogP contribution in [-0.4, -0.2) is 81.3 Å². The van der Waals surface area contributed by atoms with Gasteiger partial charge in [0.25, 0.3) is 0 Å². The molecule has 1 atom stereocenters. The molecule has 3 aliphatic rings. The topological polar surface area (TPSA) is 101 Å². The lowest BCUT2D eigenvalue weighted by Crippen LogP contribution is -2.59. The number of fused-ring (bicyclic) bond motifs is 1. The van der Waals surface area contributed by atoms with Crippen LogP contribution in [0.4, 0.5) is 0 Å². The third kappa shape index (κ3) is 11.1. The number of carbonyl (C=O) groups excluding carboxylic acids is 2. The summed E-state index contributed by atoms with van der Waals surface area (Å²) in [6, 6.07) is 33.5. The second kappa shape index (κ2) is 22.1. The van der Waals surface area contributed by atoms with Crippen LogP contribution in [0.25, 0.3) is 0 Å². The van der Waals surface area contributed by atoms with Gasteiger partial charge in [0, 0.05) is 37.0 Å². The Morgan fingerprint density at radius 3 is 2.03 bits per heavy atom. The summed E-state index contributed by atoms with van der Waals surface area (Å²) in [4.78, 5) is 29.9. The SMILES string of the molecule is COc1ccc(CCC(=O)NCCCC(CCCN2CCCCC23CCc2cc(OC)c(OC)cc2C3=O)(c2ccccc2)c2ccccc2)cc1.Cl.S=C1NCCN1. The van der Waals surface area contributed by atoms with E-state index in [0.29, 0.717) is 30.9 Å². The molecule has 1 spiro atoms. The highest BCUT2D eigenvalue weighted by Gasteiger charge is 2.48. The summed E-state index contributed by atoms with van der Waals surface area (Å²) in [6.07, 6.45) is 9.53. The second-order valence-corrected chi connectivity index (χ2v) is 16.0. The summed E-state index contributed by atoms with van der Waals surface area (Å²) < 4.78 is 16.4. The predicted molar refractivity (Wildman–Crippen MR) is 243 cm³/mol. The van der Waals surface area contributed by atoms with Crippen molar-refractivity contribution >= 4 is 41.4 Å². The number of aryl methyl sites for hydroxylation is 2. The van der Waals surface area contributed by atoms with Gasteiger partial charge >= 0.3 is 0 Å². The maximum Gasteiger partial charge on any atom is 0.220 e. The van der Waals surface area contributed by atoms with Crippen LogP contribution in [0.3, 0.4) is 0 Å². The van der Waals surface area contributed by atoms with Crippen LogP contribution in [0, 0.1) is 0 Å². The first-order valence-corrected chi connectivity index (χ1v) is 21.3. The molecule has 0 saturated carbocycles. The van der Waals surface area contributed by atoms with Gasteiger partial charge in [-0.05, 0) is 136 Å². The summed E-state index contributed by atoms with van der Waals surface area (Å²) in [6.45, 7) is 4.39. The maximum absolute atomic E-state index is 14.5. The fourth-order valence-corrected chi connectivity index (χ4v) is 9.33. The number of benzene rings is 4. The minimum atomic E-state index is -0.483. The summed E-state index contributed by atoms with van der Waals surface area (Å²) >= 11 is 4.70. The summed E-state index contributed by atoms with van der Waals surface area (Å²) in [5, 5.41) is 9.87. The van der Waals surface area contributed by atoms with E-state index < -0.39 is 5.54 Å². The van der Waals surface area contributed by atoms with Gasteiger partial charge in [-0.2, -0.15) is 0 Å². The smallest absolute Gasteiger partial charge is 0.220 e. The standard InChI is InChI=1S/C45H54N2O5.C3H6N2S.ClH/c1-50-38-21-18-34(19-22-38)20-23-42(48)46-29-12-25-44(36-14-6-4-7-15-36,37-16-8-5-9-17-37)26-13-31-47-30-11-10-27-45(47)28-24-35-32-40(51-2)41(52-3)33-39(35)43(45)49;6-3-4-1-2-5-3;/h4-9,14-19,21-22,32-33H,10-13,20,23-31H2,1-3H3,(H,46,48);1-2H2,(H2,4,5,6);1H. The Labute approximate surface area is 362 Å². The number of nitrogens with zero attached hydrogens (tertiary/aromatic N) is 1. The zero-order valence-electron chi connectivity index (χ0n) is 34.9. The number of likely N-dealkylation sites (tertiary alicyclic amines) is 1. The number of ether oxygens (including phenoxy) is 3. The second-order valence-electron chi connectivity index (χ2n) is 15.6. The Balaban J connectivity index is 0.000000867. The van der Waals surface area contributed by atoms with E-state index in [0.717, 1.165) is 112 Å². The number of piperidine rings is 1. The van der Waals surface area contributed by atoms with Crippen molar-refractivity contribution in [1.29, 1.82) is 0 Å². The van der Waals surface area contributed by atoms with Crippen molar-refractivity contribution in [1.82, 2.24) is 20.9 Å². The molecule has 3 N–H and O–H groups in total. The van der Waals surface area contributed by atoms with Crippen molar-refractivity contribution in [2.45, 2.75) is 81.6 Å². The molecule has 316 valence electrons. The van der Waals surface area contributed by atoms with Crippen molar-refractivity contribution in [2.24, 2.45) is 0 Å². The predicted octanol–water partition coefficient (Wildman–Crippen LogP) is 8.25. The quantitative estimate of drug-likeness (QED) is 0.0761. The molecule has 7 rings (SSSR count). The number of hydrogen-bond donors (Lipinski definition) is 3. The van der Waals surface area contributed by atoms with Crippen LogP contribution >= 0.6 is 24.6 Å². The third-order valence-electron chi connectivity index (χ3n) is 12.2. The molecule has 2 saturated heterocycles. The normalized spacial score (nSPS) is 17.3. The number of methoxy groups -OCH3 is 3. The zero-order chi connectivity index (χ0) is 40.8. The first kappa shape index (κ1) is 45.4. The molecule has 4 aromatic rings. The number of Topliss-reactive ketones (excluding diaryl/α,β-unsaturated/α-hetero) is 1. The Morgan fingerprint density at radius 2 is 1.44 bits per heavy atom. The molecule has 1 unspecified atom stereocenters. The van der Waals surface area contributed by atoms with Crippen molar-refractivity contribution in [3.05, 3.63) is 125 Å². The van der Waals surface area contributed by atoms with Crippen LogP contribution in [0.15, 0.2) is 97.1 Å². The van der Waals surface area contributed by atoms with Crippen LogP contribution in [0.5, 0.6) is 17.2 Å². The highest BCUT2D eigenvalue weighted by molar-refractivity contribution is 7.80. The highest BCUT2D eigenvalue weighted by Crippen LogP contribution is 2.45. The number of thiocarbonyl (C=S) groups is 1. The molecular formula is C48H61ClN4O5S. The van der Waals surface area contributed by atoms with Gasteiger partial charge in [0.1, 0.15) is 5.75 Å². The summed E-state index contributed by atoms with van der Waals surface area (Å²) in [5.41, 5.74) is 4.84. The van der Waals surface area contributed by atoms with E-state index in [1.54, 1.807) is 21.3 Å². The minimum Gasteiger partial charge on any atom is -0.497 e. The van der Waals surface area contributed by atoms with E-state index in [2.05, 4.69) is 81.5 Å². The van der Waals surface area contributed by atoms with Crippen molar-refractivity contribution in [2.75, 3.05) is 54.1 Å². The minimum absolute atomic E-state index is 0. The number of rotatable bonds is 16. The van der Waals surface area contributed by atoms with E-state index >= 15 is 0 Å². The largest absolute Gasteiger partial charge is 0.497 e. The van der Waals surface area contributed by atoms with E-state index in [1.807, 2.05) is 36.4 Å². The van der Waals surface area contributed by atoms with Gasteiger partial charge in [-0.3, -0.25) is 14.5 Å². The lowest BCUT2D eigenvalue weighted by atomic mass is 9.68. The van der Waals surface area contributed by atoms with Gasteiger partial charge in [0.05, 0.1) is 26.9 Å². The molecular weight excluding hydrogens is 780 g/mol. The van der Waals surface area contributed by atoms with E-state index in [4.69, 9.17) is 26.4 Å². The van der Waals surface area contributed by atoms with Crippen molar-refractivity contribution in [3.8, 4) is 17.2 Å². The molecule has 9 nitrogen and oxygen atoms in total. The molecule has 0 radical (unpaired) electrons. The van der Waals surface area contributed by atoms with Crippen LogP contribution in [0.2, 0.25) is 0 Å². The lowest BCUT2D eigenvalue weighted by molar-refractivity contribution is -0.121. The molecule has 2 fully saturated rings. The van der Waals surface area contributed by atoms with Gasteiger partial charge < -0.3 is 30.2 Å². The number of carbonyl (C=O) groups is 2. The number of hydrogen-bond acceptors (Lipinski definition) is 7. The summed E-state index contributed by atoms with van der Waals surface area (Å²) in [7, 11) is 4.93. The van der Waals surface area contributed by atoms with Crippen LogP contribution in [0.1, 0.15) is 90.4 Å². The molecule has 4 aromatic carbocycles. The molecule has 0 bridgehead atoms. The Hall–Kier alpha value is -4.64. The molecule has 2 aliphatic heterocycles. The molecule has 59 heavy (non-hydrogen) atoms. The van der Waals surface area contributed by atoms with Gasteiger partial charge in [0.2, 0.25) is 5.91 Å². The Kier molecular flexibility index (Phi) is 17.0. The van der Waals surface area contributed by atoms with E-state index in [-0.39, 0.29) is 29.5 Å². The van der Waals surface area contributed by atoms with Crippen LogP contribution < -0.4 is 30.2 Å². The molecule has 2 heterocycles. The van der Waals surface area contributed by atoms with E-state index in [9.17, 15) is 9.59 Å². The van der Waals surface area contributed by atoms with Gasteiger partial charge in [-0.25, -0.2) is 0 Å². The number of halogens is 1. The van der Waals surface area contributed by atoms with E-state index in [1.165, 1.54) is 11.1 Å². The fraction of sp³-hybridized carbons (Fsp3) is 0.438. The first-order valence-electron chi connectivity index (χ1n) is 20.9. The average Bonchev–Trinajstić information content (AvgIpc) is 3.77. The van der Waals surface area contributed by atoms with Crippen molar-refractivity contribution < 1.29 is 23.8 Å². The van der Waals surface area contributed by atoms with Crippen molar-refractivity contribution in [3.63, 3.8) is 0 Å². The van der Waals surface area contributed by atoms with Crippen LogP contribution in [-0.2, 0) is 23.1 Å². The molecule has 11 heteroatoms. The Morgan fingerprint density at radius 1 is 0.814 bits per heavy atom. The fourth-order valence-electron chi connectivity index (χ4n) is 9.13. The average molecular weight is 842 g/mol. The van der Waals surface area contributed by atoms with Gasteiger partial charge in [-0.15, -0.1) is 12.4 Å². The highest BCUT2D eigenvalue weighted by atomic mass is 35.5. The third-order valence-corrected chi connectivity index (χ3v) is 12.5. The Bertz CT molecular complexity index is 1920. The maximum atomic E-state index is 14.5. The number of nitrogens with one attached hydrogen (secondary N) is 3. The zero-order valence-corrected chi connectivity index (χ0v) is 36.5. The summed E-state index contributed by atoms with van der Waals surface area (Å²) in [5.74, 6) is 2.41. The molecule has 0 aromatic heterocycles. The molecule has 1 amide bonds. The monoisotopic (exact) mass is 840 g/mol. The molecule has 1 aliphatic carbocycles.